The molecule has 0 saturated carbocycles. The van der Waals surface area contributed by atoms with Crippen LogP contribution in [0.1, 0.15) is 20.7 Å². The SMILES string of the molecule is COC(=O)COc1cccc(C(=O)Nc2ccc(Cl)c(C(=O)N(C)C)c2)c1. The van der Waals surface area contributed by atoms with Crippen molar-refractivity contribution in [2.45, 2.75) is 0 Å². The normalized spacial score (nSPS) is 10.1. The van der Waals surface area contributed by atoms with Gasteiger partial charge in [0.2, 0.25) is 0 Å². The zero-order chi connectivity index (χ0) is 20.0. The lowest BCUT2D eigenvalue weighted by molar-refractivity contribution is -0.142. The van der Waals surface area contributed by atoms with E-state index in [2.05, 4.69) is 10.1 Å². The van der Waals surface area contributed by atoms with Crippen molar-refractivity contribution >= 4 is 35.1 Å². The fraction of sp³-hybridized carbons (Fsp3) is 0.211. The van der Waals surface area contributed by atoms with Crippen LogP contribution in [0.3, 0.4) is 0 Å². The third-order valence-corrected chi connectivity index (χ3v) is 3.87. The molecule has 0 atom stereocenters. The largest absolute Gasteiger partial charge is 0.482 e. The smallest absolute Gasteiger partial charge is 0.343 e. The molecule has 0 heterocycles. The number of halogens is 1. The van der Waals surface area contributed by atoms with E-state index in [-0.39, 0.29) is 18.1 Å². The first-order valence-corrected chi connectivity index (χ1v) is 8.32. The van der Waals surface area contributed by atoms with Crippen LogP contribution in [-0.4, -0.2) is 50.5 Å². The number of carbonyl (C=O) groups excluding carboxylic acids is 3. The number of anilines is 1. The van der Waals surface area contributed by atoms with Gasteiger partial charge >= 0.3 is 5.97 Å². The van der Waals surface area contributed by atoms with Crippen LogP contribution in [0.15, 0.2) is 42.5 Å². The summed E-state index contributed by atoms with van der Waals surface area (Å²) in [7, 11) is 4.49. The van der Waals surface area contributed by atoms with E-state index in [0.29, 0.717) is 22.0 Å². The number of hydrogen-bond donors (Lipinski definition) is 1. The van der Waals surface area contributed by atoms with Crippen molar-refractivity contribution in [2.75, 3.05) is 33.1 Å². The van der Waals surface area contributed by atoms with Gasteiger partial charge in [0.15, 0.2) is 6.61 Å². The molecule has 8 heteroatoms. The molecule has 0 aliphatic carbocycles. The van der Waals surface area contributed by atoms with Crippen molar-refractivity contribution in [3.8, 4) is 5.75 Å². The van der Waals surface area contributed by atoms with Crippen LogP contribution in [0.2, 0.25) is 5.02 Å². The number of carbonyl (C=O) groups is 3. The molecule has 0 aromatic heterocycles. The number of hydrogen-bond acceptors (Lipinski definition) is 5. The molecule has 0 bridgehead atoms. The maximum atomic E-state index is 12.5. The summed E-state index contributed by atoms with van der Waals surface area (Å²) < 4.78 is 9.77. The number of rotatable bonds is 6. The van der Waals surface area contributed by atoms with E-state index in [9.17, 15) is 14.4 Å². The number of esters is 1. The highest BCUT2D eigenvalue weighted by Gasteiger charge is 2.15. The molecule has 0 aliphatic heterocycles. The Kier molecular flexibility index (Phi) is 6.79. The fourth-order valence-corrected chi connectivity index (χ4v) is 2.34. The number of nitrogens with one attached hydrogen (secondary N) is 1. The van der Waals surface area contributed by atoms with E-state index < -0.39 is 11.9 Å². The zero-order valence-electron chi connectivity index (χ0n) is 15.1. The topological polar surface area (TPSA) is 84.9 Å². The molecule has 0 aliphatic rings. The third-order valence-electron chi connectivity index (χ3n) is 3.54. The molecule has 142 valence electrons. The summed E-state index contributed by atoms with van der Waals surface area (Å²) in [5, 5.41) is 3.00. The molecule has 2 rings (SSSR count). The number of ether oxygens (including phenoxy) is 2. The van der Waals surface area contributed by atoms with Gasteiger partial charge in [0.1, 0.15) is 5.75 Å². The van der Waals surface area contributed by atoms with Crippen molar-refractivity contribution in [3.05, 3.63) is 58.6 Å². The number of nitrogens with zero attached hydrogens (tertiary/aromatic N) is 1. The van der Waals surface area contributed by atoms with Gasteiger partial charge in [-0.1, -0.05) is 17.7 Å². The van der Waals surface area contributed by atoms with Gasteiger partial charge in [-0.15, -0.1) is 0 Å². The Labute approximate surface area is 161 Å². The average Bonchev–Trinajstić information content (AvgIpc) is 2.67. The summed E-state index contributed by atoms with van der Waals surface area (Å²) in [5.41, 5.74) is 1.04. The van der Waals surface area contributed by atoms with E-state index >= 15 is 0 Å². The maximum Gasteiger partial charge on any atom is 0.343 e. The minimum absolute atomic E-state index is 0.255. The molecule has 7 nitrogen and oxygen atoms in total. The minimum Gasteiger partial charge on any atom is -0.482 e. The molecule has 2 aromatic carbocycles. The van der Waals surface area contributed by atoms with Crippen molar-refractivity contribution in [3.63, 3.8) is 0 Å². The number of benzene rings is 2. The predicted octanol–water partition coefficient (Wildman–Crippen LogP) is 2.85. The van der Waals surface area contributed by atoms with Crippen molar-refractivity contribution in [2.24, 2.45) is 0 Å². The molecule has 0 spiro atoms. The van der Waals surface area contributed by atoms with Crippen LogP contribution >= 0.6 is 11.6 Å². The minimum atomic E-state index is -0.524. The Morgan fingerprint density at radius 1 is 1.11 bits per heavy atom. The van der Waals surface area contributed by atoms with Crippen LogP contribution in [-0.2, 0) is 9.53 Å². The molecule has 1 N–H and O–H groups in total. The first-order valence-electron chi connectivity index (χ1n) is 7.94. The van der Waals surface area contributed by atoms with E-state index in [1.54, 1.807) is 44.4 Å². The molecule has 0 unspecified atom stereocenters. The number of methoxy groups -OCH3 is 1. The second kappa shape index (κ2) is 9.05. The predicted molar refractivity (Wildman–Crippen MR) is 101 cm³/mol. The monoisotopic (exact) mass is 390 g/mol. The fourth-order valence-electron chi connectivity index (χ4n) is 2.14. The van der Waals surface area contributed by atoms with Crippen molar-refractivity contribution in [1.29, 1.82) is 0 Å². The Bertz CT molecular complexity index is 867. The Balaban J connectivity index is 2.14. The van der Waals surface area contributed by atoms with E-state index in [1.165, 1.54) is 24.1 Å². The van der Waals surface area contributed by atoms with E-state index in [4.69, 9.17) is 16.3 Å². The van der Waals surface area contributed by atoms with Crippen LogP contribution in [0.25, 0.3) is 0 Å². The zero-order valence-corrected chi connectivity index (χ0v) is 15.9. The first kappa shape index (κ1) is 20.3. The second-order valence-corrected chi connectivity index (χ2v) is 6.15. The maximum absolute atomic E-state index is 12.5. The molecule has 27 heavy (non-hydrogen) atoms. The number of amides is 2. The summed E-state index contributed by atoms with van der Waals surface area (Å²) in [6, 6.07) is 11.0. The standard InChI is InChI=1S/C19H19ClN2O5/c1-22(2)19(25)15-10-13(7-8-16(15)20)21-18(24)12-5-4-6-14(9-12)27-11-17(23)26-3/h4-10H,11H2,1-3H3,(H,21,24). The Morgan fingerprint density at radius 3 is 2.52 bits per heavy atom. The van der Waals surface area contributed by atoms with Crippen molar-refractivity contribution in [1.82, 2.24) is 4.90 Å². The summed E-state index contributed by atoms with van der Waals surface area (Å²) in [5.74, 6) is -0.838. The highest BCUT2D eigenvalue weighted by Crippen LogP contribution is 2.22. The highest BCUT2D eigenvalue weighted by molar-refractivity contribution is 6.34. The van der Waals surface area contributed by atoms with Gasteiger partial charge in [-0.2, -0.15) is 0 Å². The third kappa shape index (κ3) is 5.46. The second-order valence-electron chi connectivity index (χ2n) is 5.74. The van der Waals surface area contributed by atoms with Crippen molar-refractivity contribution < 1.29 is 23.9 Å². The summed E-state index contributed by atoms with van der Waals surface area (Å²) >= 11 is 6.07. The lowest BCUT2D eigenvalue weighted by Gasteiger charge is -2.13. The van der Waals surface area contributed by atoms with Gasteiger partial charge in [0.25, 0.3) is 11.8 Å². The van der Waals surface area contributed by atoms with Gasteiger partial charge in [-0.05, 0) is 36.4 Å². The summed E-state index contributed by atoms with van der Waals surface area (Å²) in [6.45, 7) is -0.255. The average molecular weight is 391 g/mol. The quantitative estimate of drug-likeness (QED) is 0.766. The van der Waals surface area contributed by atoms with Gasteiger partial charge < -0.3 is 19.7 Å². The molecule has 0 saturated heterocycles. The lowest BCUT2D eigenvalue weighted by atomic mass is 10.1. The summed E-state index contributed by atoms with van der Waals surface area (Å²) in [6.07, 6.45) is 0. The van der Waals surface area contributed by atoms with Gasteiger partial charge in [0, 0.05) is 25.3 Å². The molecule has 2 aromatic rings. The molecule has 0 radical (unpaired) electrons. The summed E-state index contributed by atoms with van der Waals surface area (Å²) in [4.78, 5) is 37.2. The Morgan fingerprint density at radius 2 is 1.85 bits per heavy atom. The van der Waals surface area contributed by atoms with Gasteiger partial charge in [-0.3, -0.25) is 9.59 Å². The lowest BCUT2D eigenvalue weighted by Crippen LogP contribution is -2.22. The van der Waals surface area contributed by atoms with E-state index in [0.717, 1.165) is 0 Å². The van der Waals surface area contributed by atoms with E-state index in [1.807, 2.05) is 0 Å². The van der Waals surface area contributed by atoms with Crippen LogP contribution in [0.5, 0.6) is 5.75 Å². The molecular formula is C19H19ClN2O5. The molecular weight excluding hydrogens is 372 g/mol. The Hall–Kier alpha value is -3.06. The van der Waals surface area contributed by atoms with Crippen LogP contribution in [0, 0.1) is 0 Å². The molecule has 0 fully saturated rings. The van der Waals surface area contributed by atoms with Gasteiger partial charge in [0.05, 0.1) is 17.7 Å². The van der Waals surface area contributed by atoms with Crippen LogP contribution in [0.4, 0.5) is 5.69 Å². The van der Waals surface area contributed by atoms with Crippen LogP contribution < -0.4 is 10.1 Å². The molecule has 2 amide bonds. The first-order chi connectivity index (χ1) is 12.8. The highest BCUT2D eigenvalue weighted by atomic mass is 35.5. The van der Waals surface area contributed by atoms with Gasteiger partial charge in [-0.25, -0.2) is 4.79 Å².